The Labute approximate surface area is 137 Å². The quantitative estimate of drug-likeness (QED) is 0.816. The van der Waals surface area contributed by atoms with Crippen molar-refractivity contribution in [2.75, 3.05) is 26.1 Å². The van der Waals surface area contributed by atoms with Gasteiger partial charge in [0.25, 0.3) is 0 Å². The van der Waals surface area contributed by atoms with E-state index in [0.29, 0.717) is 13.0 Å². The van der Waals surface area contributed by atoms with Crippen molar-refractivity contribution in [3.8, 4) is 11.5 Å². The zero-order valence-electron chi connectivity index (χ0n) is 12.8. The highest BCUT2D eigenvalue weighted by atomic mass is 35.5. The minimum absolute atomic E-state index is 0. The van der Waals surface area contributed by atoms with Crippen LogP contribution >= 0.6 is 12.4 Å². The molecule has 1 unspecified atom stereocenters. The van der Waals surface area contributed by atoms with Gasteiger partial charge in [-0.05, 0) is 24.1 Å². The Morgan fingerprint density at radius 1 is 1.05 bits per heavy atom. The van der Waals surface area contributed by atoms with Crippen LogP contribution in [0.15, 0.2) is 48.5 Å². The van der Waals surface area contributed by atoms with Crippen molar-refractivity contribution in [3.63, 3.8) is 0 Å². The first-order valence-electron chi connectivity index (χ1n) is 6.93. The normalized spacial score (nSPS) is 11.2. The van der Waals surface area contributed by atoms with Crippen LogP contribution in [0.4, 0.5) is 5.69 Å². The van der Waals surface area contributed by atoms with Crippen molar-refractivity contribution >= 4 is 18.1 Å². The number of aliphatic hydroxyl groups is 1. The third-order valence-electron chi connectivity index (χ3n) is 3.32. The molecule has 0 fully saturated rings. The zero-order valence-corrected chi connectivity index (χ0v) is 13.6. The summed E-state index contributed by atoms with van der Waals surface area (Å²) in [6.45, 7) is 0.638. The predicted molar refractivity (Wildman–Crippen MR) is 91.3 cm³/mol. The molecule has 2 aromatic rings. The second kappa shape index (κ2) is 9.18. The van der Waals surface area contributed by atoms with Crippen molar-refractivity contribution < 1.29 is 14.6 Å². The Kier molecular flexibility index (Phi) is 7.57. The van der Waals surface area contributed by atoms with Crippen LogP contribution in [0.1, 0.15) is 18.1 Å². The van der Waals surface area contributed by atoms with Crippen LogP contribution in [0.3, 0.4) is 0 Å². The summed E-state index contributed by atoms with van der Waals surface area (Å²) < 4.78 is 10.5. The minimum Gasteiger partial charge on any atom is -0.497 e. The van der Waals surface area contributed by atoms with Gasteiger partial charge in [0.2, 0.25) is 0 Å². The number of aliphatic hydroxyl groups excluding tert-OH is 1. The number of anilines is 1. The molecule has 1 atom stereocenters. The van der Waals surface area contributed by atoms with Gasteiger partial charge < -0.3 is 19.9 Å². The van der Waals surface area contributed by atoms with Gasteiger partial charge in [-0.1, -0.05) is 30.3 Å². The summed E-state index contributed by atoms with van der Waals surface area (Å²) in [5.74, 6) is 1.52. The molecule has 0 aliphatic heterocycles. The first-order valence-corrected chi connectivity index (χ1v) is 6.93. The monoisotopic (exact) mass is 323 g/mol. The Morgan fingerprint density at radius 3 is 2.41 bits per heavy atom. The lowest BCUT2D eigenvalue weighted by atomic mass is 10.1. The maximum absolute atomic E-state index is 10.1. The van der Waals surface area contributed by atoms with Crippen LogP contribution in [0.2, 0.25) is 0 Å². The molecule has 5 heteroatoms. The molecule has 0 aliphatic carbocycles. The predicted octanol–water partition coefficient (Wildman–Crippen LogP) is 3.66. The number of hydrogen-bond donors (Lipinski definition) is 2. The van der Waals surface area contributed by atoms with Crippen LogP contribution in [0.25, 0.3) is 0 Å². The fourth-order valence-electron chi connectivity index (χ4n) is 2.14. The van der Waals surface area contributed by atoms with Gasteiger partial charge >= 0.3 is 0 Å². The molecule has 120 valence electrons. The van der Waals surface area contributed by atoms with Gasteiger partial charge in [-0.25, -0.2) is 0 Å². The molecule has 0 amide bonds. The summed E-state index contributed by atoms with van der Waals surface area (Å²) in [5.41, 5.74) is 1.79. The van der Waals surface area contributed by atoms with E-state index in [0.717, 1.165) is 22.7 Å². The lowest BCUT2D eigenvalue weighted by molar-refractivity contribution is 0.171. The summed E-state index contributed by atoms with van der Waals surface area (Å²) >= 11 is 0. The molecule has 4 nitrogen and oxygen atoms in total. The lowest BCUT2D eigenvalue weighted by Crippen LogP contribution is -2.08. The number of benzene rings is 2. The number of methoxy groups -OCH3 is 2. The second-order valence-electron chi connectivity index (χ2n) is 4.71. The first-order chi connectivity index (χ1) is 10.2. The highest BCUT2D eigenvalue weighted by molar-refractivity contribution is 5.85. The summed E-state index contributed by atoms with van der Waals surface area (Å²) in [7, 11) is 3.26. The Bertz CT molecular complexity index is 563. The third kappa shape index (κ3) is 4.83. The van der Waals surface area contributed by atoms with Crippen LogP contribution in [-0.4, -0.2) is 25.9 Å². The molecule has 0 saturated heterocycles. The van der Waals surface area contributed by atoms with Crippen LogP contribution in [0.5, 0.6) is 11.5 Å². The van der Waals surface area contributed by atoms with Crippen LogP contribution in [-0.2, 0) is 0 Å². The Balaban J connectivity index is 0.00000242. The van der Waals surface area contributed by atoms with E-state index in [1.807, 2.05) is 48.5 Å². The summed E-state index contributed by atoms with van der Waals surface area (Å²) in [5, 5.41) is 13.4. The van der Waals surface area contributed by atoms with Crippen molar-refractivity contribution in [2.45, 2.75) is 12.5 Å². The molecule has 2 aromatic carbocycles. The van der Waals surface area contributed by atoms with Crippen molar-refractivity contribution in [3.05, 3.63) is 54.1 Å². The maximum Gasteiger partial charge on any atom is 0.142 e. The van der Waals surface area contributed by atoms with Gasteiger partial charge in [0.05, 0.1) is 26.0 Å². The first kappa shape index (κ1) is 18.1. The number of ether oxygens (including phenoxy) is 2. The fraction of sp³-hybridized carbons (Fsp3) is 0.294. The van der Waals surface area contributed by atoms with E-state index < -0.39 is 6.10 Å². The summed E-state index contributed by atoms with van der Waals surface area (Å²) in [6.07, 6.45) is 0.139. The van der Waals surface area contributed by atoms with E-state index >= 15 is 0 Å². The van der Waals surface area contributed by atoms with Gasteiger partial charge in [-0.2, -0.15) is 0 Å². The molecule has 2 N–H and O–H groups in total. The Hall–Kier alpha value is -1.91. The molecule has 0 radical (unpaired) electrons. The van der Waals surface area contributed by atoms with E-state index in [-0.39, 0.29) is 12.4 Å². The van der Waals surface area contributed by atoms with Gasteiger partial charge in [0, 0.05) is 12.6 Å². The van der Waals surface area contributed by atoms with Crippen molar-refractivity contribution in [2.24, 2.45) is 0 Å². The molecule has 2 rings (SSSR count). The standard InChI is InChI=1S/C17H21NO3.ClH/c1-20-14-8-9-17(21-2)15(12-14)18-11-10-16(19)13-6-4-3-5-7-13;/h3-9,12,16,18-19H,10-11H2,1-2H3;1H. The molecule has 0 saturated carbocycles. The number of halogens is 1. The molecule has 0 aliphatic rings. The van der Waals surface area contributed by atoms with E-state index in [9.17, 15) is 5.11 Å². The zero-order chi connectivity index (χ0) is 15.1. The van der Waals surface area contributed by atoms with Crippen LogP contribution < -0.4 is 14.8 Å². The van der Waals surface area contributed by atoms with Gasteiger partial charge in [0.1, 0.15) is 11.5 Å². The summed E-state index contributed by atoms with van der Waals surface area (Å²) in [6, 6.07) is 15.2. The average molecular weight is 324 g/mol. The van der Waals surface area contributed by atoms with Crippen molar-refractivity contribution in [1.82, 2.24) is 0 Å². The van der Waals surface area contributed by atoms with Gasteiger partial charge in [-0.15, -0.1) is 12.4 Å². The highest BCUT2D eigenvalue weighted by Crippen LogP contribution is 2.29. The molecule has 0 heterocycles. The highest BCUT2D eigenvalue weighted by Gasteiger charge is 2.08. The molecular weight excluding hydrogens is 302 g/mol. The molecular formula is C17H22ClNO3. The van der Waals surface area contributed by atoms with Gasteiger partial charge in [0.15, 0.2) is 0 Å². The molecule has 0 spiro atoms. The molecule has 22 heavy (non-hydrogen) atoms. The van der Waals surface area contributed by atoms with E-state index in [1.54, 1.807) is 14.2 Å². The van der Waals surface area contributed by atoms with E-state index in [1.165, 1.54) is 0 Å². The minimum atomic E-state index is -0.477. The molecule has 0 bridgehead atoms. The van der Waals surface area contributed by atoms with Gasteiger partial charge in [-0.3, -0.25) is 0 Å². The number of hydrogen-bond acceptors (Lipinski definition) is 4. The SMILES string of the molecule is COc1ccc(OC)c(NCCC(O)c2ccccc2)c1.Cl. The fourth-order valence-corrected chi connectivity index (χ4v) is 2.14. The van der Waals surface area contributed by atoms with E-state index in [4.69, 9.17) is 9.47 Å². The number of rotatable bonds is 7. The lowest BCUT2D eigenvalue weighted by Gasteiger charge is -2.15. The second-order valence-corrected chi connectivity index (χ2v) is 4.71. The smallest absolute Gasteiger partial charge is 0.142 e. The topological polar surface area (TPSA) is 50.7 Å². The average Bonchev–Trinajstić information content (AvgIpc) is 2.55. The van der Waals surface area contributed by atoms with E-state index in [2.05, 4.69) is 5.32 Å². The summed E-state index contributed by atoms with van der Waals surface area (Å²) in [4.78, 5) is 0. The third-order valence-corrected chi connectivity index (χ3v) is 3.32. The Morgan fingerprint density at radius 2 is 1.77 bits per heavy atom. The number of nitrogens with one attached hydrogen (secondary N) is 1. The largest absolute Gasteiger partial charge is 0.497 e. The maximum atomic E-state index is 10.1. The van der Waals surface area contributed by atoms with Crippen LogP contribution in [0, 0.1) is 0 Å². The van der Waals surface area contributed by atoms with Crippen molar-refractivity contribution in [1.29, 1.82) is 0 Å². The molecule has 0 aromatic heterocycles.